The first-order valence-corrected chi connectivity index (χ1v) is 5.02. The van der Waals surface area contributed by atoms with Crippen LogP contribution in [0.4, 0.5) is 5.69 Å². The fraction of sp³-hybridized carbons (Fsp3) is 0.545. The van der Waals surface area contributed by atoms with E-state index in [-0.39, 0.29) is 6.10 Å². The SMILES string of the molecule is COC(C)CC(O)Cc1cnccc1N. The van der Waals surface area contributed by atoms with Gasteiger partial charge in [0.1, 0.15) is 0 Å². The summed E-state index contributed by atoms with van der Waals surface area (Å²) in [7, 11) is 1.63. The molecule has 15 heavy (non-hydrogen) atoms. The maximum absolute atomic E-state index is 9.77. The van der Waals surface area contributed by atoms with Crippen molar-refractivity contribution in [2.75, 3.05) is 12.8 Å². The molecule has 3 N–H and O–H groups in total. The molecule has 0 saturated carbocycles. The lowest BCUT2D eigenvalue weighted by Crippen LogP contribution is -2.19. The highest BCUT2D eigenvalue weighted by molar-refractivity contribution is 5.44. The quantitative estimate of drug-likeness (QED) is 0.760. The first-order valence-electron chi connectivity index (χ1n) is 5.02. The molecule has 84 valence electrons. The van der Waals surface area contributed by atoms with Gasteiger partial charge in [0, 0.05) is 31.6 Å². The molecule has 0 aliphatic rings. The molecule has 0 fully saturated rings. The van der Waals surface area contributed by atoms with Crippen LogP contribution in [0.2, 0.25) is 0 Å². The predicted molar refractivity (Wildman–Crippen MR) is 59.4 cm³/mol. The van der Waals surface area contributed by atoms with Gasteiger partial charge < -0.3 is 15.6 Å². The highest BCUT2D eigenvalue weighted by atomic mass is 16.5. The van der Waals surface area contributed by atoms with Gasteiger partial charge in [0.25, 0.3) is 0 Å². The van der Waals surface area contributed by atoms with Crippen LogP contribution in [0, 0.1) is 0 Å². The highest BCUT2D eigenvalue weighted by Crippen LogP contribution is 2.14. The maximum atomic E-state index is 9.77. The number of pyridine rings is 1. The number of hydrogen-bond donors (Lipinski definition) is 2. The van der Waals surface area contributed by atoms with Crippen molar-refractivity contribution >= 4 is 5.69 Å². The first-order chi connectivity index (χ1) is 7.13. The van der Waals surface area contributed by atoms with E-state index in [0.29, 0.717) is 18.5 Å². The number of rotatable bonds is 5. The zero-order valence-corrected chi connectivity index (χ0v) is 9.18. The summed E-state index contributed by atoms with van der Waals surface area (Å²) in [5.74, 6) is 0. The zero-order valence-electron chi connectivity index (χ0n) is 9.18. The summed E-state index contributed by atoms with van der Waals surface area (Å²) in [6, 6.07) is 1.74. The summed E-state index contributed by atoms with van der Waals surface area (Å²) in [5.41, 5.74) is 7.31. The van der Waals surface area contributed by atoms with Crippen LogP contribution in [-0.4, -0.2) is 29.4 Å². The fourth-order valence-corrected chi connectivity index (χ4v) is 1.43. The van der Waals surface area contributed by atoms with E-state index in [1.807, 2.05) is 6.92 Å². The average molecular weight is 210 g/mol. The number of aliphatic hydroxyl groups is 1. The average Bonchev–Trinajstić information content (AvgIpc) is 2.21. The van der Waals surface area contributed by atoms with Crippen molar-refractivity contribution in [3.05, 3.63) is 24.0 Å². The van der Waals surface area contributed by atoms with E-state index in [4.69, 9.17) is 10.5 Å². The molecule has 0 spiro atoms. The van der Waals surface area contributed by atoms with Crippen LogP contribution >= 0.6 is 0 Å². The van der Waals surface area contributed by atoms with Gasteiger partial charge in [-0.25, -0.2) is 0 Å². The standard InChI is InChI=1S/C11H18N2O2/c1-8(15-2)5-10(14)6-9-7-13-4-3-11(9)12/h3-4,7-8,10,14H,5-6H2,1-2H3,(H2,12,13). The molecule has 2 atom stereocenters. The van der Waals surface area contributed by atoms with Crippen molar-refractivity contribution in [2.45, 2.75) is 32.0 Å². The van der Waals surface area contributed by atoms with Crippen LogP contribution in [0.15, 0.2) is 18.5 Å². The lowest BCUT2D eigenvalue weighted by atomic mass is 10.0. The van der Waals surface area contributed by atoms with Gasteiger partial charge in [0.2, 0.25) is 0 Å². The number of nitrogen functional groups attached to an aromatic ring is 1. The molecular formula is C11H18N2O2. The van der Waals surface area contributed by atoms with E-state index in [2.05, 4.69) is 4.98 Å². The van der Waals surface area contributed by atoms with Gasteiger partial charge in [-0.05, 0) is 25.0 Å². The van der Waals surface area contributed by atoms with E-state index in [1.54, 1.807) is 25.6 Å². The number of anilines is 1. The molecule has 2 unspecified atom stereocenters. The van der Waals surface area contributed by atoms with Gasteiger partial charge in [0.05, 0.1) is 12.2 Å². The molecule has 0 radical (unpaired) electrons. The monoisotopic (exact) mass is 210 g/mol. The van der Waals surface area contributed by atoms with Crippen molar-refractivity contribution in [1.29, 1.82) is 0 Å². The van der Waals surface area contributed by atoms with E-state index in [0.717, 1.165) is 5.56 Å². The van der Waals surface area contributed by atoms with E-state index >= 15 is 0 Å². The Bertz CT molecular complexity index is 304. The molecule has 0 aromatic carbocycles. The van der Waals surface area contributed by atoms with Gasteiger partial charge in [-0.15, -0.1) is 0 Å². The fourth-order valence-electron chi connectivity index (χ4n) is 1.43. The van der Waals surface area contributed by atoms with Crippen molar-refractivity contribution in [2.24, 2.45) is 0 Å². The third-order valence-corrected chi connectivity index (χ3v) is 2.40. The number of nitrogens with two attached hydrogens (primary N) is 1. The molecule has 0 amide bonds. The van der Waals surface area contributed by atoms with Gasteiger partial charge in [-0.1, -0.05) is 0 Å². The third-order valence-electron chi connectivity index (χ3n) is 2.40. The van der Waals surface area contributed by atoms with Gasteiger partial charge in [-0.3, -0.25) is 4.98 Å². The first kappa shape index (κ1) is 11.9. The summed E-state index contributed by atoms with van der Waals surface area (Å²) in [4.78, 5) is 3.98. The molecule has 4 nitrogen and oxygen atoms in total. The van der Waals surface area contributed by atoms with Crippen LogP contribution in [-0.2, 0) is 11.2 Å². The Morgan fingerprint density at radius 3 is 2.93 bits per heavy atom. The highest BCUT2D eigenvalue weighted by Gasteiger charge is 2.11. The van der Waals surface area contributed by atoms with Crippen LogP contribution < -0.4 is 5.73 Å². The van der Waals surface area contributed by atoms with Crippen molar-refractivity contribution in [1.82, 2.24) is 4.98 Å². The Morgan fingerprint density at radius 1 is 1.60 bits per heavy atom. The molecule has 0 aliphatic carbocycles. The predicted octanol–water partition coefficient (Wildman–Crippen LogP) is 0.992. The number of ether oxygens (including phenoxy) is 1. The van der Waals surface area contributed by atoms with Crippen LogP contribution in [0.5, 0.6) is 0 Å². The summed E-state index contributed by atoms with van der Waals surface area (Å²) in [6.45, 7) is 1.93. The van der Waals surface area contributed by atoms with Crippen molar-refractivity contribution in [3.8, 4) is 0 Å². The largest absolute Gasteiger partial charge is 0.398 e. The van der Waals surface area contributed by atoms with Crippen LogP contribution in [0.1, 0.15) is 18.9 Å². The molecule has 1 rings (SSSR count). The van der Waals surface area contributed by atoms with Gasteiger partial charge in [-0.2, -0.15) is 0 Å². The second-order valence-corrected chi connectivity index (χ2v) is 3.71. The van der Waals surface area contributed by atoms with Crippen LogP contribution in [0.25, 0.3) is 0 Å². The third kappa shape index (κ3) is 3.85. The van der Waals surface area contributed by atoms with E-state index in [1.165, 1.54) is 0 Å². The van der Waals surface area contributed by atoms with Gasteiger partial charge in [0.15, 0.2) is 0 Å². The molecule has 0 bridgehead atoms. The van der Waals surface area contributed by atoms with Crippen molar-refractivity contribution < 1.29 is 9.84 Å². The molecule has 0 saturated heterocycles. The molecular weight excluding hydrogens is 192 g/mol. The lowest BCUT2D eigenvalue weighted by Gasteiger charge is -2.15. The Kier molecular flexibility index (Phi) is 4.52. The molecule has 4 heteroatoms. The Balaban J connectivity index is 2.51. The maximum Gasteiger partial charge on any atom is 0.0606 e. The van der Waals surface area contributed by atoms with E-state index in [9.17, 15) is 5.11 Å². The number of aromatic nitrogens is 1. The topological polar surface area (TPSA) is 68.4 Å². The Hall–Kier alpha value is -1.13. The Labute approximate surface area is 90.1 Å². The zero-order chi connectivity index (χ0) is 11.3. The second kappa shape index (κ2) is 5.68. The summed E-state index contributed by atoms with van der Waals surface area (Å²) < 4.78 is 5.08. The van der Waals surface area contributed by atoms with Crippen LogP contribution in [0.3, 0.4) is 0 Å². The number of nitrogens with zero attached hydrogens (tertiary/aromatic N) is 1. The second-order valence-electron chi connectivity index (χ2n) is 3.71. The minimum Gasteiger partial charge on any atom is -0.398 e. The van der Waals surface area contributed by atoms with Crippen molar-refractivity contribution in [3.63, 3.8) is 0 Å². The Morgan fingerprint density at radius 2 is 2.33 bits per heavy atom. The molecule has 1 heterocycles. The molecule has 1 aromatic rings. The lowest BCUT2D eigenvalue weighted by molar-refractivity contribution is 0.0566. The minimum atomic E-state index is -0.438. The smallest absolute Gasteiger partial charge is 0.0606 e. The summed E-state index contributed by atoms with van der Waals surface area (Å²) >= 11 is 0. The summed E-state index contributed by atoms with van der Waals surface area (Å²) in [5, 5.41) is 9.77. The molecule has 0 aliphatic heterocycles. The van der Waals surface area contributed by atoms with E-state index < -0.39 is 6.10 Å². The number of aliphatic hydroxyl groups excluding tert-OH is 1. The normalized spacial score (nSPS) is 14.9. The number of hydrogen-bond acceptors (Lipinski definition) is 4. The summed E-state index contributed by atoms with van der Waals surface area (Å²) in [6.07, 6.45) is 4.07. The number of methoxy groups -OCH3 is 1. The van der Waals surface area contributed by atoms with Gasteiger partial charge >= 0.3 is 0 Å². The minimum absolute atomic E-state index is 0.0536. The molecule has 1 aromatic heterocycles.